The SMILES string of the molecule is Cc1nc(C2CN(C(C(=O)Nc3cc(Cl)cc(Cl)c3)c3ccccc3)CCO2)no1. The minimum Gasteiger partial charge on any atom is -0.367 e. The number of ether oxygens (including phenoxy) is 1. The molecule has 30 heavy (non-hydrogen) atoms. The summed E-state index contributed by atoms with van der Waals surface area (Å²) in [5, 5.41) is 7.81. The first kappa shape index (κ1) is 20.8. The molecular weight excluding hydrogens is 427 g/mol. The number of hydrogen-bond acceptors (Lipinski definition) is 6. The summed E-state index contributed by atoms with van der Waals surface area (Å²) in [6.07, 6.45) is -0.379. The van der Waals surface area contributed by atoms with Gasteiger partial charge in [0.15, 0.2) is 0 Å². The molecule has 2 heterocycles. The number of carbonyl (C=O) groups excluding carboxylic acids is 1. The summed E-state index contributed by atoms with van der Waals surface area (Å²) in [5.74, 6) is 0.761. The molecule has 1 aliphatic rings. The van der Waals surface area contributed by atoms with Crippen molar-refractivity contribution >= 4 is 34.8 Å². The number of hydrogen-bond donors (Lipinski definition) is 1. The van der Waals surface area contributed by atoms with E-state index in [-0.39, 0.29) is 12.0 Å². The Balaban J connectivity index is 1.60. The maximum atomic E-state index is 13.4. The normalized spacial score (nSPS) is 18.2. The van der Waals surface area contributed by atoms with Crippen molar-refractivity contribution in [2.24, 2.45) is 0 Å². The fourth-order valence-corrected chi connectivity index (χ4v) is 4.03. The maximum absolute atomic E-state index is 13.4. The molecule has 0 spiro atoms. The van der Waals surface area contributed by atoms with Crippen molar-refractivity contribution in [2.75, 3.05) is 25.0 Å². The van der Waals surface area contributed by atoms with Gasteiger partial charge in [-0.2, -0.15) is 4.98 Å². The van der Waals surface area contributed by atoms with E-state index in [1.807, 2.05) is 30.3 Å². The van der Waals surface area contributed by atoms with Gasteiger partial charge < -0.3 is 14.6 Å². The van der Waals surface area contributed by atoms with E-state index in [1.165, 1.54) is 0 Å². The Kier molecular flexibility index (Phi) is 6.34. The van der Waals surface area contributed by atoms with Crippen LogP contribution < -0.4 is 5.32 Å². The van der Waals surface area contributed by atoms with Crippen LogP contribution in [0.3, 0.4) is 0 Å². The largest absolute Gasteiger partial charge is 0.367 e. The van der Waals surface area contributed by atoms with Gasteiger partial charge in [-0.1, -0.05) is 58.7 Å². The maximum Gasteiger partial charge on any atom is 0.246 e. The van der Waals surface area contributed by atoms with Crippen molar-refractivity contribution in [2.45, 2.75) is 19.1 Å². The van der Waals surface area contributed by atoms with Crippen LogP contribution in [0.25, 0.3) is 0 Å². The van der Waals surface area contributed by atoms with Gasteiger partial charge >= 0.3 is 0 Å². The number of anilines is 1. The Morgan fingerprint density at radius 2 is 1.93 bits per heavy atom. The van der Waals surface area contributed by atoms with Crippen LogP contribution in [0.1, 0.15) is 29.4 Å². The van der Waals surface area contributed by atoms with Gasteiger partial charge in [0.05, 0.1) is 6.61 Å². The van der Waals surface area contributed by atoms with E-state index in [2.05, 4.69) is 20.4 Å². The fourth-order valence-electron chi connectivity index (χ4n) is 3.51. The Morgan fingerprint density at radius 1 is 1.20 bits per heavy atom. The second-order valence-electron chi connectivity index (χ2n) is 6.99. The molecular formula is C21H20Cl2N4O3. The highest BCUT2D eigenvalue weighted by Crippen LogP contribution is 2.30. The number of halogens is 2. The molecule has 0 saturated carbocycles. The number of morpholine rings is 1. The lowest BCUT2D eigenvalue weighted by Crippen LogP contribution is -2.45. The first-order valence-corrected chi connectivity index (χ1v) is 10.2. The molecule has 1 aliphatic heterocycles. The van der Waals surface area contributed by atoms with E-state index in [4.69, 9.17) is 32.5 Å². The third-order valence-corrected chi connectivity index (χ3v) is 5.22. The van der Waals surface area contributed by atoms with Gasteiger partial charge in [0, 0.05) is 35.7 Å². The predicted molar refractivity (Wildman–Crippen MR) is 114 cm³/mol. The van der Waals surface area contributed by atoms with Crippen molar-refractivity contribution in [1.82, 2.24) is 15.0 Å². The zero-order chi connectivity index (χ0) is 21.1. The Bertz CT molecular complexity index is 1010. The molecule has 0 aliphatic carbocycles. The highest BCUT2D eigenvalue weighted by Gasteiger charge is 2.34. The summed E-state index contributed by atoms with van der Waals surface area (Å²) in [5.41, 5.74) is 1.41. The van der Waals surface area contributed by atoms with Gasteiger partial charge in [-0.25, -0.2) is 0 Å². The first-order chi connectivity index (χ1) is 14.5. The van der Waals surface area contributed by atoms with Gasteiger partial charge in [0.25, 0.3) is 0 Å². The lowest BCUT2D eigenvalue weighted by atomic mass is 10.0. The molecule has 3 aromatic rings. The predicted octanol–water partition coefficient (Wildman–Crippen LogP) is 4.44. The summed E-state index contributed by atoms with van der Waals surface area (Å²) >= 11 is 12.2. The standard InChI is InChI=1S/C21H20Cl2N4O3/c1-13-24-20(26-30-13)18-12-27(7-8-29-18)19(14-5-3-2-4-6-14)21(28)25-17-10-15(22)9-16(23)11-17/h2-6,9-11,18-19H,7-8,12H2,1H3,(H,25,28). The van der Waals surface area contributed by atoms with Crippen LogP contribution in [-0.2, 0) is 9.53 Å². The monoisotopic (exact) mass is 446 g/mol. The molecule has 1 aromatic heterocycles. The molecule has 2 unspecified atom stereocenters. The first-order valence-electron chi connectivity index (χ1n) is 9.47. The second-order valence-corrected chi connectivity index (χ2v) is 7.86. The van der Waals surface area contributed by atoms with Crippen molar-refractivity contribution < 1.29 is 14.1 Å². The number of amides is 1. The van der Waals surface area contributed by atoms with Crippen molar-refractivity contribution in [3.8, 4) is 0 Å². The van der Waals surface area contributed by atoms with Gasteiger partial charge in [-0.3, -0.25) is 9.69 Å². The highest BCUT2D eigenvalue weighted by molar-refractivity contribution is 6.35. The molecule has 9 heteroatoms. The van der Waals surface area contributed by atoms with Gasteiger partial charge in [-0.05, 0) is 23.8 Å². The summed E-state index contributed by atoms with van der Waals surface area (Å²) in [4.78, 5) is 19.7. The Morgan fingerprint density at radius 3 is 2.60 bits per heavy atom. The molecule has 2 atom stereocenters. The van der Waals surface area contributed by atoms with Crippen LogP contribution in [0.2, 0.25) is 10.0 Å². The number of carbonyl (C=O) groups is 1. The lowest BCUT2D eigenvalue weighted by Gasteiger charge is -2.36. The minimum absolute atomic E-state index is 0.190. The Labute approximate surface area is 183 Å². The molecule has 156 valence electrons. The zero-order valence-corrected chi connectivity index (χ0v) is 17.7. The van der Waals surface area contributed by atoms with E-state index < -0.39 is 6.04 Å². The molecule has 4 rings (SSSR count). The minimum atomic E-state index is -0.539. The van der Waals surface area contributed by atoms with Gasteiger partial charge in [0.1, 0.15) is 12.1 Å². The summed E-state index contributed by atoms with van der Waals surface area (Å²) in [6, 6.07) is 14.0. The van der Waals surface area contributed by atoms with Crippen molar-refractivity contribution in [1.29, 1.82) is 0 Å². The van der Waals surface area contributed by atoms with Crippen LogP contribution >= 0.6 is 23.2 Å². The van der Waals surface area contributed by atoms with Gasteiger partial charge in [0.2, 0.25) is 17.6 Å². The van der Waals surface area contributed by atoms with E-state index in [1.54, 1.807) is 25.1 Å². The number of aryl methyl sites for hydroxylation is 1. The molecule has 0 bridgehead atoms. The number of nitrogens with one attached hydrogen (secondary N) is 1. The van der Waals surface area contributed by atoms with Gasteiger partial charge in [-0.15, -0.1) is 0 Å². The summed E-state index contributed by atoms with van der Waals surface area (Å²) in [6.45, 7) is 3.20. The van der Waals surface area contributed by atoms with Crippen LogP contribution in [-0.4, -0.2) is 40.6 Å². The second kappa shape index (κ2) is 9.14. The van der Waals surface area contributed by atoms with Crippen molar-refractivity contribution in [3.05, 3.63) is 75.9 Å². The summed E-state index contributed by atoms with van der Waals surface area (Å²) < 4.78 is 10.9. The molecule has 1 fully saturated rings. The molecule has 2 aromatic carbocycles. The van der Waals surface area contributed by atoms with Crippen molar-refractivity contribution in [3.63, 3.8) is 0 Å². The molecule has 7 nitrogen and oxygen atoms in total. The molecule has 1 N–H and O–H groups in total. The van der Waals surface area contributed by atoms with Crippen LogP contribution in [0.5, 0.6) is 0 Å². The van der Waals surface area contributed by atoms with Crippen LogP contribution in [0.15, 0.2) is 53.1 Å². The Hall–Kier alpha value is -2.45. The van der Waals surface area contributed by atoms with E-state index >= 15 is 0 Å². The molecule has 1 saturated heterocycles. The highest BCUT2D eigenvalue weighted by atomic mass is 35.5. The summed E-state index contributed by atoms with van der Waals surface area (Å²) in [7, 11) is 0. The third-order valence-electron chi connectivity index (χ3n) is 4.79. The number of benzene rings is 2. The molecule has 1 amide bonds. The quantitative estimate of drug-likeness (QED) is 0.623. The average Bonchev–Trinajstić information content (AvgIpc) is 3.15. The van der Waals surface area contributed by atoms with E-state index in [0.29, 0.717) is 47.1 Å². The number of rotatable bonds is 5. The smallest absolute Gasteiger partial charge is 0.246 e. The molecule has 0 radical (unpaired) electrons. The zero-order valence-electron chi connectivity index (χ0n) is 16.2. The third kappa shape index (κ3) is 4.82. The number of nitrogens with zero attached hydrogens (tertiary/aromatic N) is 3. The fraction of sp³-hybridized carbons (Fsp3) is 0.286. The van der Waals surface area contributed by atoms with E-state index in [9.17, 15) is 4.79 Å². The van der Waals surface area contributed by atoms with Crippen LogP contribution in [0.4, 0.5) is 5.69 Å². The number of aromatic nitrogens is 2. The average molecular weight is 447 g/mol. The van der Waals surface area contributed by atoms with E-state index in [0.717, 1.165) is 5.56 Å². The lowest BCUT2D eigenvalue weighted by molar-refractivity contribution is -0.125. The van der Waals surface area contributed by atoms with Crippen LogP contribution in [0, 0.1) is 6.92 Å². The topological polar surface area (TPSA) is 80.5 Å².